The highest BCUT2D eigenvalue weighted by molar-refractivity contribution is 6.18. The highest BCUT2D eigenvalue weighted by atomic mass is 16.5. The van der Waals surface area contributed by atoms with Gasteiger partial charge >= 0.3 is 0 Å². The zero-order valence-corrected chi connectivity index (χ0v) is 34.7. The van der Waals surface area contributed by atoms with Crippen LogP contribution in [-0.2, 0) is 0 Å². The largest absolute Gasteiger partial charge is 0.507 e. The monoisotopic (exact) mass is 782 g/mol. The average molecular weight is 783 g/mol. The third-order valence-corrected chi connectivity index (χ3v) is 11.0. The van der Waals surface area contributed by atoms with Gasteiger partial charge in [0.15, 0.2) is 0 Å². The zero-order valence-electron chi connectivity index (χ0n) is 34.7. The summed E-state index contributed by atoms with van der Waals surface area (Å²) in [6.07, 6.45) is 11.9. The summed E-state index contributed by atoms with van der Waals surface area (Å²) in [5.41, 5.74) is 8.03. The van der Waals surface area contributed by atoms with Crippen LogP contribution in [0.4, 0.5) is 0 Å². The van der Waals surface area contributed by atoms with Crippen LogP contribution >= 0.6 is 0 Å². The van der Waals surface area contributed by atoms with E-state index < -0.39 is 23.4 Å². The van der Waals surface area contributed by atoms with E-state index in [-0.39, 0.29) is 58.5 Å². The zero-order chi connectivity index (χ0) is 42.0. The van der Waals surface area contributed by atoms with Gasteiger partial charge in [0.25, 0.3) is 0 Å². The smallest absolute Gasteiger partial charge is 0.201 e. The van der Waals surface area contributed by atoms with Crippen LogP contribution < -0.4 is 9.47 Å². The first-order valence-corrected chi connectivity index (χ1v) is 19.9. The molecule has 0 saturated heterocycles. The van der Waals surface area contributed by atoms with E-state index >= 15 is 0 Å². The van der Waals surface area contributed by atoms with E-state index in [4.69, 9.17) is 9.47 Å². The van der Waals surface area contributed by atoms with E-state index in [9.17, 15) is 30.0 Å². The van der Waals surface area contributed by atoms with Crippen molar-refractivity contribution in [3.63, 3.8) is 0 Å². The second-order valence-corrected chi connectivity index (χ2v) is 16.3. The van der Waals surface area contributed by atoms with E-state index in [1.54, 1.807) is 12.1 Å². The number of aromatic hydroxyl groups is 4. The molecule has 2 atom stereocenters. The number of fused-ring (bicyclic) bond motifs is 4. The van der Waals surface area contributed by atoms with E-state index in [1.165, 1.54) is 35.4 Å². The lowest BCUT2D eigenvalue weighted by molar-refractivity contribution is 0.101. The van der Waals surface area contributed by atoms with E-state index in [1.807, 2.05) is 52.0 Å². The molecular weight excluding hydrogens is 729 g/mol. The number of rotatable bonds is 13. The lowest BCUT2D eigenvalue weighted by Crippen LogP contribution is -2.30. The van der Waals surface area contributed by atoms with Crippen molar-refractivity contribution in [3.8, 4) is 34.5 Å². The van der Waals surface area contributed by atoms with Crippen molar-refractivity contribution < 1.29 is 39.5 Å². The number of phenols is 4. The third kappa shape index (κ3) is 8.61. The van der Waals surface area contributed by atoms with Crippen molar-refractivity contribution in [2.45, 2.75) is 92.9 Å². The number of ether oxygens (including phenoxy) is 2. The average Bonchev–Trinajstić information content (AvgIpc) is 3.11. The Labute approximate surface area is 341 Å². The van der Waals surface area contributed by atoms with Gasteiger partial charge in [-0.25, -0.2) is 0 Å². The van der Waals surface area contributed by atoms with Gasteiger partial charge < -0.3 is 29.9 Å². The number of ketones is 2. The van der Waals surface area contributed by atoms with Gasteiger partial charge in [0.2, 0.25) is 11.6 Å². The van der Waals surface area contributed by atoms with Gasteiger partial charge in [0.05, 0.1) is 22.3 Å². The first kappa shape index (κ1) is 41.6. The number of aryl methyl sites for hydroxylation is 2. The van der Waals surface area contributed by atoms with Crippen molar-refractivity contribution in [1.29, 1.82) is 0 Å². The Morgan fingerprint density at radius 2 is 0.828 bits per heavy atom. The molecule has 2 unspecified atom stereocenters. The second kappa shape index (κ2) is 17.2. The molecule has 4 N–H and O–H groups in total. The van der Waals surface area contributed by atoms with Crippen LogP contribution in [0.2, 0.25) is 0 Å². The Kier molecular flexibility index (Phi) is 12.4. The molecule has 4 aromatic carbocycles. The maximum Gasteiger partial charge on any atom is 0.201 e. The predicted molar refractivity (Wildman–Crippen MR) is 228 cm³/mol. The molecule has 4 aromatic rings. The van der Waals surface area contributed by atoms with Crippen molar-refractivity contribution in [2.24, 2.45) is 0 Å². The molecule has 0 aliphatic heterocycles. The van der Waals surface area contributed by atoms with Crippen LogP contribution in [0, 0.1) is 13.8 Å². The van der Waals surface area contributed by atoms with Crippen LogP contribution in [0.5, 0.6) is 34.5 Å². The van der Waals surface area contributed by atoms with E-state index in [2.05, 4.69) is 39.8 Å². The molecular formula is C50H54O8. The Bertz CT molecular complexity index is 2250. The summed E-state index contributed by atoms with van der Waals surface area (Å²) in [6.45, 7) is 16.4. The van der Waals surface area contributed by atoms with Crippen LogP contribution in [-0.4, -0.2) is 45.2 Å². The molecule has 0 amide bonds. The molecule has 2 aliphatic rings. The molecule has 8 nitrogen and oxygen atoms in total. The minimum atomic E-state index is -0.817. The van der Waals surface area contributed by atoms with Gasteiger partial charge in [0, 0.05) is 24.0 Å². The number of carbonyl (C=O) groups is 2. The van der Waals surface area contributed by atoms with Gasteiger partial charge in [-0.3, -0.25) is 9.59 Å². The van der Waals surface area contributed by atoms with Crippen LogP contribution in [0.25, 0.3) is 0 Å². The van der Waals surface area contributed by atoms with Crippen molar-refractivity contribution in [3.05, 3.63) is 151 Å². The maximum absolute atomic E-state index is 14.3. The summed E-state index contributed by atoms with van der Waals surface area (Å²) in [6, 6.07) is 13.0. The first-order chi connectivity index (χ1) is 27.5. The summed E-state index contributed by atoms with van der Waals surface area (Å²) in [5.74, 6) is -3.20. The Morgan fingerprint density at radius 3 is 1.17 bits per heavy atom. The van der Waals surface area contributed by atoms with E-state index in [0.29, 0.717) is 44.9 Å². The molecule has 0 heterocycles. The van der Waals surface area contributed by atoms with Crippen LogP contribution in [0.3, 0.4) is 0 Å². The Hall–Kier alpha value is -6.02. The summed E-state index contributed by atoms with van der Waals surface area (Å²) in [5, 5.41) is 46.0. The van der Waals surface area contributed by atoms with Crippen LogP contribution in [0.15, 0.2) is 95.1 Å². The van der Waals surface area contributed by atoms with Gasteiger partial charge in [-0.15, -0.1) is 0 Å². The lowest BCUT2D eigenvalue weighted by atomic mass is 9.63. The highest BCUT2D eigenvalue weighted by Gasteiger charge is 2.46. The minimum Gasteiger partial charge on any atom is -0.507 e. The van der Waals surface area contributed by atoms with E-state index in [0.717, 1.165) is 36.8 Å². The number of phenolic OH excluding ortho intramolecular Hbond substituents is 4. The molecule has 0 fully saturated rings. The van der Waals surface area contributed by atoms with Gasteiger partial charge in [-0.1, -0.05) is 46.6 Å². The SMILES string of the molecule is CC(C)=CCCC(C)=CCOc1cc(O)c2c(c1)C(C1c3cc(C)cc(O)c3C(=O)c3c(O)cc(OCC=C(C)CCC=C(C)C)cc31)c1cc(C)cc(O)c1C2=O. The van der Waals surface area contributed by atoms with Crippen LogP contribution in [0.1, 0.15) is 144 Å². The summed E-state index contributed by atoms with van der Waals surface area (Å²) < 4.78 is 12.4. The molecule has 302 valence electrons. The number of carbonyl (C=O) groups excluding carboxylic acids is 2. The fraction of sp³-hybridized carbons (Fsp3) is 0.320. The molecule has 0 bridgehead atoms. The summed E-state index contributed by atoms with van der Waals surface area (Å²) in [4.78, 5) is 28.7. The second-order valence-electron chi connectivity index (χ2n) is 16.3. The van der Waals surface area contributed by atoms with Crippen molar-refractivity contribution in [1.82, 2.24) is 0 Å². The number of hydrogen-bond donors (Lipinski definition) is 4. The van der Waals surface area contributed by atoms with Crippen molar-refractivity contribution >= 4 is 11.6 Å². The molecule has 2 aliphatic carbocycles. The number of hydrogen-bond acceptors (Lipinski definition) is 8. The van der Waals surface area contributed by atoms with Gasteiger partial charge in [-0.05, 0) is 151 Å². The standard InChI is InChI=1S/C50H54O8/c1-27(2)11-9-13-29(5)15-17-57-33-23-37-43(35-19-31(7)21-39(51)45(35)49(55)47(37)41(53)25-33)44-36-20-32(8)22-40(52)46(36)50(56)48-38(44)24-34(26-42(48)54)58-18-16-30(6)14-10-12-28(3)4/h11-12,15-16,19-26,43-44,51-54H,9-10,13-14,17-18H2,1-8H3. The molecule has 8 heteroatoms. The normalized spacial score (nSPS) is 15.9. The summed E-state index contributed by atoms with van der Waals surface area (Å²) in [7, 11) is 0. The first-order valence-electron chi connectivity index (χ1n) is 19.9. The third-order valence-electron chi connectivity index (χ3n) is 11.0. The fourth-order valence-corrected chi connectivity index (χ4v) is 8.22. The lowest BCUT2D eigenvalue weighted by Gasteiger charge is -2.39. The topological polar surface area (TPSA) is 134 Å². The fourth-order valence-electron chi connectivity index (χ4n) is 8.22. The number of allylic oxidation sites excluding steroid dienone is 6. The minimum absolute atomic E-state index is 0.000302. The number of benzene rings is 4. The highest BCUT2D eigenvalue weighted by Crippen LogP contribution is 2.57. The van der Waals surface area contributed by atoms with Gasteiger partial charge in [-0.2, -0.15) is 0 Å². The van der Waals surface area contributed by atoms with Gasteiger partial charge in [0.1, 0.15) is 47.7 Å². The molecule has 0 radical (unpaired) electrons. The quantitative estimate of drug-likeness (QED) is 0.0985. The molecule has 0 aromatic heterocycles. The molecule has 0 spiro atoms. The molecule has 6 rings (SSSR count). The Morgan fingerprint density at radius 1 is 0.500 bits per heavy atom. The van der Waals surface area contributed by atoms with Crippen molar-refractivity contribution in [2.75, 3.05) is 13.2 Å². The summed E-state index contributed by atoms with van der Waals surface area (Å²) >= 11 is 0. The Balaban J connectivity index is 1.52. The molecule has 58 heavy (non-hydrogen) atoms. The maximum atomic E-state index is 14.3. The predicted octanol–water partition coefficient (Wildman–Crippen LogP) is 11.3. The molecule has 0 saturated carbocycles.